The van der Waals surface area contributed by atoms with E-state index in [1.807, 2.05) is 68.3 Å². The minimum absolute atomic E-state index is 0.575. The third-order valence-corrected chi connectivity index (χ3v) is 4.32. The van der Waals surface area contributed by atoms with Crippen molar-refractivity contribution in [1.29, 1.82) is 0 Å². The number of hydrogen-bond acceptors (Lipinski definition) is 7. The van der Waals surface area contributed by atoms with Crippen LogP contribution in [0.2, 0.25) is 5.02 Å². The molecule has 0 aliphatic heterocycles. The Morgan fingerprint density at radius 2 is 1.55 bits per heavy atom. The lowest BCUT2D eigenvalue weighted by atomic mass is 10.2. The lowest BCUT2D eigenvalue weighted by molar-refractivity contribution is 0.954. The van der Waals surface area contributed by atoms with Crippen LogP contribution in [0.15, 0.2) is 64.8 Å². The number of halogens is 1. The second-order valence-corrected chi connectivity index (χ2v) is 7.29. The van der Waals surface area contributed by atoms with Crippen LogP contribution in [-0.2, 0) is 6.54 Å². The maximum absolute atomic E-state index is 5.95. The molecule has 0 saturated heterocycles. The van der Waals surface area contributed by atoms with Crippen LogP contribution < -0.4 is 15.1 Å². The molecule has 0 unspecified atom stereocenters. The highest BCUT2D eigenvalue weighted by Gasteiger charge is 2.17. The van der Waals surface area contributed by atoms with E-state index in [9.17, 15) is 0 Å². The number of nitrogens with one attached hydrogen (secondary N) is 1. The van der Waals surface area contributed by atoms with E-state index in [1.54, 1.807) is 12.1 Å². The van der Waals surface area contributed by atoms with Gasteiger partial charge >= 0.3 is 0 Å². The molecule has 1 aromatic heterocycles. The van der Waals surface area contributed by atoms with Gasteiger partial charge in [-0.2, -0.15) is 15.1 Å². The first-order valence-corrected chi connectivity index (χ1v) is 9.53. The fourth-order valence-corrected chi connectivity index (χ4v) is 2.68. The van der Waals surface area contributed by atoms with Crippen LogP contribution in [0.5, 0.6) is 0 Å². The SMILES string of the molecule is CN(C)c1nc(NCc2ccccc2)c(N=Nc2ccc(Cl)cc2)c(N(C)C)n1. The Labute approximate surface area is 176 Å². The third kappa shape index (κ3) is 5.42. The Morgan fingerprint density at radius 1 is 0.862 bits per heavy atom. The first-order valence-electron chi connectivity index (χ1n) is 9.16. The van der Waals surface area contributed by atoms with E-state index >= 15 is 0 Å². The zero-order valence-electron chi connectivity index (χ0n) is 17.0. The molecule has 3 rings (SSSR count). The molecule has 0 fully saturated rings. The third-order valence-electron chi connectivity index (χ3n) is 4.07. The summed E-state index contributed by atoms with van der Waals surface area (Å²) < 4.78 is 0. The van der Waals surface area contributed by atoms with Crippen molar-refractivity contribution < 1.29 is 0 Å². The Kier molecular flexibility index (Phi) is 6.61. The molecule has 0 amide bonds. The van der Waals surface area contributed by atoms with Crippen molar-refractivity contribution in [2.45, 2.75) is 6.54 Å². The Hall–Kier alpha value is -3.19. The highest BCUT2D eigenvalue weighted by atomic mass is 35.5. The van der Waals surface area contributed by atoms with Crippen molar-refractivity contribution in [2.24, 2.45) is 10.2 Å². The van der Waals surface area contributed by atoms with Crippen molar-refractivity contribution >= 4 is 40.6 Å². The average Bonchev–Trinajstić information content (AvgIpc) is 2.72. The minimum Gasteiger partial charge on any atom is -0.364 e. The van der Waals surface area contributed by atoms with Gasteiger partial charge in [-0.25, -0.2) is 0 Å². The van der Waals surface area contributed by atoms with Crippen LogP contribution in [0.3, 0.4) is 0 Å². The summed E-state index contributed by atoms with van der Waals surface area (Å²) in [6, 6.07) is 17.3. The van der Waals surface area contributed by atoms with E-state index in [0.717, 1.165) is 5.56 Å². The number of azo groups is 1. The fourth-order valence-electron chi connectivity index (χ4n) is 2.56. The lowest BCUT2D eigenvalue weighted by Gasteiger charge is -2.20. The first kappa shape index (κ1) is 20.5. The minimum atomic E-state index is 0.575. The average molecular weight is 410 g/mol. The fraction of sp³-hybridized carbons (Fsp3) is 0.238. The van der Waals surface area contributed by atoms with Crippen LogP contribution in [0.4, 0.5) is 29.0 Å². The van der Waals surface area contributed by atoms with Crippen LogP contribution in [0, 0.1) is 0 Å². The van der Waals surface area contributed by atoms with Crippen LogP contribution in [0.25, 0.3) is 0 Å². The zero-order chi connectivity index (χ0) is 20.8. The van der Waals surface area contributed by atoms with Crippen molar-refractivity contribution in [3.8, 4) is 0 Å². The number of benzene rings is 2. The molecule has 29 heavy (non-hydrogen) atoms. The van der Waals surface area contributed by atoms with Gasteiger partial charge in [-0.3, -0.25) is 0 Å². The van der Waals surface area contributed by atoms with E-state index in [1.165, 1.54) is 0 Å². The van der Waals surface area contributed by atoms with Gasteiger partial charge in [0, 0.05) is 39.8 Å². The standard InChI is InChI=1S/C21H24ClN7/c1-28(2)20-18(27-26-17-12-10-16(22)11-13-17)19(24-21(25-20)29(3)4)23-14-15-8-6-5-7-9-15/h5-13H,14H2,1-4H3,(H,23,24,25). The molecule has 1 heterocycles. The molecule has 2 aromatic carbocycles. The predicted octanol–water partition coefficient (Wildman–Crippen LogP) is 5.29. The van der Waals surface area contributed by atoms with Crippen LogP contribution >= 0.6 is 11.6 Å². The van der Waals surface area contributed by atoms with Crippen molar-refractivity contribution in [3.63, 3.8) is 0 Å². The summed E-state index contributed by atoms with van der Waals surface area (Å²) in [4.78, 5) is 13.1. The van der Waals surface area contributed by atoms with Gasteiger partial charge < -0.3 is 15.1 Å². The molecule has 0 spiro atoms. The number of rotatable bonds is 7. The van der Waals surface area contributed by atoms with Gasteiger partial charge in [-0.15, -0.1) is 5.11 Å². The molecule has 1 N–H and O–H groups in total. The second kappa shape index (κ2) is 9.34. The molecular formula is C21H24ClN7. The highest BCUT2D eigenvalue weighted by molar-refractivity contribution is 6.30. The number of hydrogen-bond donors (Lipinski definition) is 1. The number of aromatic nitrogens is 2. The van der Waals surface area contributed by atoms with Crippen LogP contribution in [0.1, 0.15) is 5.56 Å². The summed E-state index contributed by atoms with van der Waals surface area (Å²) in [5.74, 6) is 1.89. The molecule has 0 saturated carbocycles. The highest BCUT2D eigenvalue weighted by Crippen LogP contribution is 2.35. The molecule has 3 aromatic rings. The number of anilines is 3. The summed E-state index contributed by atoms with van der Waals surface area (Å²) in [7, 11) is 7.66. The molecular weight excluding hydrogens is 386 g/mol. The van der Waals surface area contributed by atoms with Gasteiger partial charge in [-0.05, 0) is 29.8 Å². The largest absolute Gasteiger partial charge is 0.364 e. The monoisotopic (exact) mass is 409 g/mol. The molecule has 8 heteroatoms. The maximum atomic E-state index is 5.95. The summed E-state index contributed by atoms with van der Waals surface area (Å²) in [6.45, 7) is 0.612. The topological polar surface area (TPSA) is 69.0 Å². The Morgan fingerprint density at radius 3 is 2.17 bits per heavy atom. The quantitative estimate of drug-likeness (QED) is 0.537. The smallest absolute Gasteiger partial charge is 0.228 e. The first-order chi connectivity index (χ1) is 13.9. The summed E-state index contributed by atoms with van der Waals surface area (Å²) in [5, 5.41) is 12.9. The number of nitrogens with zero attached hydrogens (tertiary/aromatic N) is 6. The van der Waals surface area contributed by atoms with E-state index < -0.39 is 0 Å². The molecule has 0 radical (unpaired) electrons. The summed E-state index contributed by atoms with van der Waals surface area (Å²) in [5.41, 5.74) is 2.42. The van der Waals surface area contributed by atoms with Gasteiger partial charge in [-0.1, -0.05) is 41.9 Å². The van der Waals surface area contributed by atoms with Gasteiger partial charge in [0.05, 0.1) is 5.69 Å². The summed E-state index contributed by atoms with van der Waals surface area (Å²) in [6.07, 6.45) is 0. The molecule has 150 valence electrons. The normalized spacial score (nSPS) is 10.9. The van der Waals surface area contributed by atoms with Crippen LogP contribution in [-0.4, -0.2) is 38.2 Å². The van der Waals surface area contributed by atoms with E-state index in [4.69, 9.17) is 11.6 Å². The van der Waals surface area contributed by atoms with Crippen molar-refractivity contribution in [2.75, 3.05) is 43.3 Å². The van der Waals surface area contributed by atoms with E-state index in [2.05, 4.69) is 37.6 Å². The Balaban J connectivity index is 2.01. The Bertz CT molecular complexity index is 970. The van der Waals surface area contributed by atoms with E-state index in [-0.39, 0.29) is 0 Å². The van der Waals surface area contributed by atoms with Gasteiger partial charge in [0.25, 0.3) is 0 Å². The molecule has 0 aliphatic rings. The molecule has 0 atom stereocenters. The maximum Gasteiger partial charge on any atom is 0.228 e. The molecule has 0 aliphatic carbocycles. The van der Waals surface area contributed by atoms with Crippen molar-refractivity contribution in [3.05, 3.63) is 65.2 Å². The molecule has 0 bridgehead atoms. The van der Waals surface area contributed by atoms with Crippen molar-refractivity contribution in [1.82, 2.24) is 9.97 Å². The van der Waals surface area contributed by atoms with Gasteiger partial charge in [0.1, 0.15) is 0 Å². The lowest BCUT2D eigenvalue weighted by Crippen LogP contribution is -2.18. The summed E-state index contributed by atoms with van der Waals surface area (Å²) >= 11 is 5.95. The predicted molar refractivity (Wildman–Crippen MR) is 120 cm³/mol. The van der Waals surface area contributed by atoms with Gasteiger partial charge in [0.2, 0.25) is 5.95 Å². The second-order valence-electron chi connectivity index (χ2n) is 6.85. The molecule has 7 nitrogen and oxygen atoms in total. The van der Waals surface area contributed by atoms with Gasteiger partial charge in [0.15, 0.2) is 17.3 Å². The zero-order valence-corrected chi connectivity index (χ0v) is 17.7. The van der Waals surface area contributed by atoms with E-state index in [0.29, 0.717) is 40.5 Å².